The highest BCUT2D eigenvalue weighted by molar-refractivity contribution is 6.28. The van der Waals surface area contributed by atoms with Crippen LogP contribution in [-0.2, 0) is 0 Å². The van der Waals surface area contributed by atoms with Gasteiger partial charge in [0.2, 0.25) is 0 Å². The number of hydrogen-bond donors (Lipinski definition) is 1. The van der Waals surface area contributed by atoms with E-state index >= 15 is 0 Å². The number of hydrogen-bond acceptors (Lipinski definition) is 3. The minimum Gasteiger partial charge on any atom is -0.322 e. The SMILES string of the molecule is CCC(c1ccc(C(=O)Nc2ccc3c(c2)C(=O)c2ccccc2C3=O)cc1)C(C)(C)CC. The van der Waals surface area contributed by atoms with E-state index in [0.717, 1.165) is 12.8 Å². The average Bonchev–Trinajstić information content (AvgIpc) is 2.83. The Balaban J connectivity index is 1.55. The number of ketones is 2. The maximum absolute atomic E-state index is 12.9. The summed E-state index contributed by atoms with van der Waals surface area (Å²) >= 11 is 0. The third kappa shape index (κ3) is 4.13. The molecular formula is C29H29NO3. The third-order valence-corrected chi connectivity index (χ3v) is 7.02. The average molecular weight is 440 g/mol. The van der Waals surface area contributed by atoms with Crippen molar-refractivity contribution in [1.82, 2.24) is 0 Å². The number of fused-ring (bicyclic) bond motifs is 2. The normalized spacial score (nSPS) is 13.8. The van der Waals surface area contributed by atoms with Crippen molar-refractivity contribution in [3.63, 3.8) is 0 Å². The number of benzene rings is 3. The van der Waals surface area contributed by atoms with Gasteiger partial charge in [0.15, 0.2) is 11.6 Å². The Bertz CT molecular complexity index is 1240. The largest absolute Gasteiger partial charge is 0.322 e. The van der Waals surface area contributed by atoms with E-state index in [-0.39, 0.29) is 22.9 Å². The molecule has 0 heterocycles. The lowest BCUT2D eigenvalue weighted by molar-refractivity contribution is 0.0979. The zero-order valence-electron chi connectivity index (χ0n) is 19.6. The minimum atomic E-state index is -0.251. The van der Waals surface area contributed by atoms with Crippen LogP contribution in [0.3, 0.4) is 0 Å². The fraction of sp³-hybridized carbons (Fsp3) is 0.276. The molecule has 0 bridgehead atoms. The van der Waals surface area contributed by atoms with Gasteiger partial charge in [-0.25, -0.2) is 0 Å². The monoisotopic (exact) mass is 439 g/mol. The second-order valence-electron chi connectivity index (χ2n) is 9.34. The van der Waals surface area contributed by atoms with Gasteiger partial charge in [0, 0.05) is 33.5 Å². The highest BCUT2D eigenvalue weighted by atomic mass is 16.2. The van der Waals surface area contributed by atoms with Crippen LogP contribution >= 0.6 is 0 Å². The summed E-state index contributed by atoms with van der Waals surface area (Å²) in [6.07, 6.45) is 2.12. The maximum atomic E-state index is 12.9. The van der Waals surface area contributed by atoms with Crippen molar-refractivity contribution in [3.8, 4) is 0 Å². The fourth-order valence-corrected chi connectivity index (χ4v) is 4.73. The zero-order chi connectivity index (χ0) is 23.8. The molecule has 4 heteroatoms. The molecule has 1 unspecified atom stereocenters. The van der Waals surface area contributed by atoms with Crippen molar-refractivity contribution < 1.29 is 14.4 Å². The topological polar surface area (TPSA) is 63.2 Å². The van der Waals surface area contributed by atoms with Gasteiger partial charge in [0.05, 0.1) is 0 Å². The molecule has 0 radical (unpaired) electrons. The Hall–Kier alpha value is -3.53. The lowest BCUT2D eigenvalue weighted by atomic mass is 9.72. The minimum absolute atomic E-state index is 0.172. The Morgan fingerprint density at radius 3 is 1.97 bits per heavy atom. The molecule has 0 saturated carbocycles. The number of carbonyl (C=O) groups is 3. The Morgan fingerprint density at radius 1 is 0.818 bits per heavy atom. The van der Waals surface area contributed by atoms with Crippen molar-refractivity contribution in [1.29, 1.82) is 0 Å². The molecule has 0 aliphatic heterocycles. The van der Waals surface area contributed by atoms with Crippen LogP contribution in [0.25, 0.3) is 0 Å². The number of amides is 1. The first-order valence-corrected chi connectivity index (χ1v) is 11.5. The molecule has 3 aromatic carbocycles. The van der Waals surface area contributed by atoms with E-state index in [2.05, 4.69) is 33.0 Å². The van der Waals surface area contributed by atoms with Crippen LogP contribution in [-0.4, -0.2) is 17.5 Å². The van der Waals surface area contributed by atoms with Crippen LogP contribution in [0.5, 0.6) is 0 Å². The van der Waals surface area contributed by atoms with Crippen molar-refractivity contribution in [2.45, 2.75) is 46.5 Å². The molecule has 0 fully saturated rings. The predicted molar refractivity (Wildman–Crippen MR) is 131 cm³/mol. The quantitative estimate of drug-likeness (QED) is 0.366. The summed E-state index contributed by atoms with van der Waals surface area (Å²) < 4.78 is 0. The molecule has 4 nitrogen and oxygen atoms in total. The summed E-state index contributed by atoms with van der Waals surface area (Å²) in [4.78, 5) is 38.6. The van der Waals surface area contributed by atoms with Gasteiger partial charge in [-0.2, -0.15) is 0 Å². The highest BCUT2D eigenvalue weighted by Gasteiger charge is 2.30. The van der Waals surface area contributed by atoms with Crippen LogP contribution in [0.2, 0.25) is 0 Å². The molecule has 3 aromatic rings. The van der Waals surface area contributed by atoms with E-state index in [0.29, 0.717) is 39.4 Å². The Kier molecular flexibility index (Phi) is 6.03. The van der Waals surface area contributed by atoms with Crippen LogP contribution in [0, 0.1) is 5.41 Å². The standard InChI is InChI=1S/C29H29NO3/c1-5-25(29(3,4)6-2)18-11-13-19(14-12-18)28(33)30-20-15-16-23-24(17-20)27(32)22-10-8-7-9-21(22)26(23)31/h7-17,25H,5-6H2,1-4H3,(H,30,33). The second-order valence-corrected chi connectivity index (χ2v) is 9.34. The fourth-order valence-electron chi connectivity index (χ4n) is 4.73. The number of nitrogens with one attached hydrogen (secondary N) is 1. The van der Waals surface area contributed by atoms with Gasteiger partial charge < -0.3 is 5.32 Å². The lowest BCUT2D eigenvalue weighted by Gasteiger charge is -2.33. The molecule has 1 aliphatic rings. The van der Waals surface area contributed by atoms with Gasteiger partial charge in [0.25, 0.3) is 5.91 Å². The van der Waals surface area contributed by atoms with E-state index in [9.17, 15) is 14.4 Å². The van der Waals surface area contributed by atoms with E-state index in [1.54, 1.807) is 42.5 Å². The summed E-state index contributed by atoms with van der Waals surface area (Å²) in [5.41, 5.74) is 3.96. The van der Waals surface area contributed by atoms with Crippen LogP contribution in [0.15, 0.2) is 66.7 Å². The van der Waals surface area contributed by atoms with E-state index in [1.807, 2.05) is 24.3 Å². The number of rotatable bonds is 6. The van der Waals surface area contributed by atoms with Gasteiger partial charge in [-0.15, -0.1) is 0 Å². The summed E-state index contributed by atoms with van der Waals surface area (Å²) in [5, 5.41) is 2.87. The third-order valence-electron chi connectivity index (χ3n) is 7.02. The number of carbonyl (C=O) groups excluding carboxylic acids is 3. The second kappa shape index (κ2) is 8.78. The molecule has 0 spiro atoms. The van der Waals surface area contributed by atoms with Gasteiger partial charge in [-0.3, -0.25) is 14.4 Å². The van der Waals surface area contributed by atoms with Crippen LogP contribution in [0.4, 0.5) is 5.69 Å². The van der Waals surface area contributed by atoms with Gasteiger partial charge in [0.1, 0.15) is 0 Å². The smallest absolute Gasteiger partial charge is 0.255 e. The summed E-state index contributed by atoms with van der Waals surface area (Å²) in [7, 11) is 0. The van der Waals surface area contributed by atoms with Crippen LogP contribution in [0.1, 0.15) is 94.2 Å². The number of anilines is 1. The molecule has 33 heavy (non-hydrogen) atoms. The molecule has 0 saturated heterocycles. The van der Waals surface area contributed by atoms with Crippen molar-refractivity contribution in [3.05, 3.63) is 100 Å². The Labute approximate surface area is 195 Å². The predicted octanol–water partition coefficient (Wildman–Crippen LogP) is 6.64. The zero-order valence-corrected chi connectivity index (χ0v) is 19.6. The first kappa shape index (κ1) is 22.7. The van der Waals surface area contributed by atoms with Gasteiger partial charge >= 0.3 is 0 Å². The van der Waals surface area contributed by atoms with Crippen molar-refractivity contribution in [2.75, 3.05) is 5.32 Å². The van der Waals surface area contributed by atoms with Gasteiger partial charge in [-0.1, -0.05) is 70.5 Å². The van der Waals surface area contributed by atoms with Crippen molar-refractivity contribution in [2.24, 2.45) is 5.41 Å². The van der Waals surface area contributed by atoms with Crippen molar-refractivity contribution >= 4 is 23.2 Å². The molecule has 4 rings (SSSR count). The molecule has 1 aliphatic carbocycles. The molecule has 0 aromatic heterocycles. The molecule has 168 valence electrons. The maximum Gasteiger partial charge on any atom is 0.255 e. The summed E-state index contributed by atoms with van der Waals surface area (Å²) in [6, 6.07) is 19.5. The van der Waals surface area contributed by atoms with E-state index in [1.165, 1.54) is 5.56 Å². The molecular weight excluding hydrogens is 410 g/mol. The molecule has 1 amide bonds. The highest BCUT2D eigenvalue weighted by Crippen LogP contribution is 2.40. The summed E-state index contributed by atoms with van der Waals surface area (Å²) in [5.74, 6) is -0.204. The van der Waals surface area contributed by atoms with Gasteiger partial charge in [-0.05, 0) is 53.6 Å². The van der Waals surface area contributed by atoms with Crippen LogP contribution < -0.4 is 5.32 Å². The Morgan fingerprint density at radius 2 is 1.39 bits per heavy atom. The van der Waals surface area contributed by atoms with E-state index in [4.69, 9.17) is 0 Å². The summed E-state index contributed by atoms with van der Waals surface area (Å²) in [6.45, 7) is 8.97. The first-order valence-electron chi connectivity index (χ1n) is 11.5. The first-order chi connectivity index (χ1) is 15.8. The van der Waals surface area contributed by atoms with E-state index < -0.39 is 0 Å². The lowest BCUT2D eigenvalue weighted by Crippen LogP contribution is -2.22. The molecule has 1 atom stereocenters. The molecule has 1 N–H and O–H groups in total.